The van der Waals surface area contributed by atoms with E-state index in [1.165, 1.54) is 12.1 Å². The molecule has 21 heavy (non-hydrogen) atoms. The minimum Gasteiger partial charge on any atom is -0.508 e. The highest BCUT2D eigenvalue weighted by Crippen LogP contribution is 2.25. The summed E-state index contributed by atoms with van der Waals surface area (Å²) in [5.41, 5.74) is 0.261. The Morgan fingerprint density at radius 1 is 1.38 bits per heavy atom. The van der Waals surface area contributed by atoms with Crippen LogP contribution in [0.3, 0.4) is 0 Å². The predicted molar refractivity (Wildman–Crippen MR) is 84.5 cm³/mol. The largest absolute Gasteiger partial charge is 0.508 e. The van der Waals surface area contributed by atoms with Gasteiger partial charge in [-0.15, -0.1) is 0 Å². The monoisotopic (exact) mass is 313 g/mol. The van der Waals surface area contributed by atoms with Gasteiger partial charge in [0, 0.05) is 17.0 Å². The van der Waals surface area contributed by atoms with E-state index in [0.717, 1.165) is 0 Å². The minimum absolute atomic E-state index is 0.0744. The number of hydrogen-bond acceptors (Lipinski definition) is 3. The van der Waals surface area contributed by atoms with Crippen LogP contribution in [0.2, 0.25) is 5.02 Å². The maximum Gasteiger partial charge on any atom is 0.224 e. The molecule has 1 unspecified atom stereocenters. The number of benzene rings is 1. The van der Waals surface area contributed by atoms with E-state index < -0.39 is 11.5 Å². The quantitative estimate of drug-likeness (QED) is 0.756. The van der Waals surface area contributed by atoms with Crippen molar-refractivity contribution in [2.75, 3.05) is 6.54 Å². The molecule has 0 saturated heterocycles. The van der Waals surface area contributed by atoms with Gasteiger partial charge in [0.1, 0.15) is 5.75 Å². The van der Waals surface area contributed by atoms with Crippen molar-refractivity contribution in [3.8, 4) is 5.75 Å². The second-order valence-electron chi connectivity index (χ2n) is 6.41. The van der Waals surface area contributed by atoms with Crippen LogP contribution in [0.5, 0.6) is 5.75 Å². The summed E-state index contributed by atoms with van der Waals surface area (Å²) >= 11 is 5.98. The van der Waals surface area contributed by atoms with Crippen molar-refractivity contribution in [1.29, 1.82) is 0 Å². The number of halogens is 1. The van der Waals surface area contributed by atoms with Gasteiger partial charge in [-0.25, -0.2) is 0 Å². The summed E-state index contributed by atoms with van der Waals surface area (Å²) in [4.78, 5) is 12.0. The van der Waals surface area contributed by atoms with Crippen molar-refractivity contribution in [2.45, 2.75) is 40.2 Å². The van der Waals surface area contributed by atoms with E-state index in [9.17, 15) is 15.0 Å². The maximum atomic E-state index is 12.0. The Kier molecular flexibility index (Phi) is 6.05. The third-order valence-corrected chi connectivity index (χ3v) is 3.91. The van der Waals surface area contributed by atoms with Crippen LogP contribution in [-0.2, 0) is 11.2 Å². The van der Waals surface area contributed by atoms with E-state index in [2.05, 4.69) is 5.32 Å². The number of carbonyl (C=O) groups is 1. The third-order valence-electron chi connectivity index (χ3n) is 3.56. The fourth-order valence-electron chi connectivity index (χ4n) is 2.25. The summed E-state index contributed by atoms with van der Waals surface area (Å²) in [6.07, 6.45) is -0.345. The van der Waals surface area contributed by atoms with Gasteiger partial charge >= 0.3 is 0 Å². The van der Waals surface area contributed by atoms with Gasteiger partial charge in [0.05, 0.1) is 12.5 Å². The SMILES string of the molecule is CC(C)C(O)C(C)(C)CNC(=O)Cc1ccc(O)cc1Cl. The molecule has 0 bridgehead atoms. The van der Waals surface area contributed by atoms with Crippen LogP contribution in [-0.4, -0.2) is 28.8 Å². The molecular weight excluding hydrogens is 290 g/mol. The van der Waals surface area contributed by atoms with Gasteiger partial charge < -0.3 is 15.5 Å². The first-order valence-corrected chi connectivity index (χ1v) is 7.43. The second-order valence-corrected chi connectivity index (χ2v) is 6.81. The Morgan fingerprint density at radius 3 is 2.52 bits per heavy atom. The standard InChI is InChI=1S/C16H24ClNO3/c1-10(2)15(21)16(3,4)9-18-14(20)7-11-5-6-12(19)8-13(11)17/h5-6,8,10,15,19,21H,7,9H2,1-4H3,(H,18,20). The van der Waals surface area contributed by atoms with Gasteiger partial charge in [-0.05, 0) is 23.6 Å². The topological polar surface area (TPSA) is 69.6 Å². The molecule has 1 atom stereocenters. The lowest BCUT2D eigenvalue weighted by Crippen LogP contribution is -2.43. The number of hydrogen-bond donors (Lipinski definition) is 3. The van der Waals surface area contributed by atoms with Crippen LogP contribution in [0.25, 0.3) is 0 Å². The van der Waals surface area contributed by atoms with Gasteiger partial charge in [0.15, 0.2) is 0 Å². The molecule has 1 aromatic rings. The molecule has 118 valence electrons. The predicted octanol–water partition coefficient (Wildman–Crippen LogP) is 2.75. The van der Waals surface area contributed by atoms with Gasteiger partial charge in [0.25, 0.3) is 0 Å². The summed E-state index contributed by atoms with van der Waals surface area (Å²) in [5.74, 6) is 0.0420. The molecule has 0 aromatic heterocycles. The number of rotatable bonds is 6. The first kappa shape index (κ1) is 17.8. The lowest BCUT2D eigenvalue weighted by Gasteiger charge is -2.33. The molecule has 1 aromatic carbocycles. The Hall–Kier alpha value is -1.26. The van der Waals surface area contributed by atoms with Gasteiger partial charge in [-0.3, -0.25) is 4.79 Å². The van der Waals surface area contributed by atoms with E-state index in [-0.39, 0.29) is 24.0 Å². The van der Waals surface area contributed by atoms with Crippen LogP contribution < -0.4 is 5.32 Å². The van der Waals surface area contributed by atoms with E-state index in [1.807, 2.05) is 27.7 Å². The number of aliphatic hydroxyl groups excluding tert-OH is 1. The zero-order chi connectivity index (χ0) is 16.2. The van der Waals surface area contributed by atoms with Crippen molar-refractivity contribution in [3.63, 3.8) is 0 Å². The van der Waals surface area contributed by atoms with Gasteiger partial charge in [-0.1, -0.05) is 45.4 Å². The van der Waals surface area contributed by atoms with Crippen LogP contribution in [0.4, 0.5) is 0 Å². The summed E-state index contributed by atoms with van der Waals surface area (Å²) < 4.78 is 0. The van der Waals surface area contributed by atoms with Crippen LogP contribution >= 0.6 is 11.6 Å². The molecule has 1 amide bonds. The van der Waals surface area contributed by atoms with Crippen LogP contribution in [0.1, 0.15) is 33.3 Å². The highest BCUT2D eigenvalue weighted by Gasteiger charge is 2.30. The number of carbonyl (C=O) groups excluding carboxylic acids is 1. The Bertz CT molecular complexity index is 500. The second kappa shape index (κ2) is 7.14. The molecule has 0 saturated carbocycles. The van der Waals surface area contributed by atoms with E-state index in [0.29, 0.717) is 17.1 Å². The summed E-state index contributed by atoms with van der Waals surface area (Å²) in [6.45, 7) is 8.13. The Labute approximate surface area is 131 Å². The van der Waals surface area contributed by atoms with Crippen molar-refractivity contribution in [3.05, 3.63) is 28.8 Å². The molecule has 0 radical (unpaired) electrons. The van der Waals surface area contributed by atoms with Crippen molar-refractivity contribution < 1.29 is 15.0 Å². The average Bonchev–Trinajstić information content (AvgIpc) is 2.39. The van der Waals surface area contributed by atoms with Gasteiger partial charge in [0.2, 0.25) is 5.91 Å². The smallest absolute Gasteiger partial charge is 0.224 e. The molecule has 1 rings (SSSR count). The summed E-state index contributed by atoms with van der Waals surface area (Å²) in [7, 11) is 0. The summed E-state index contributed by atoms with van der Waals surface area (Å²) in [5, 5.41) is 22.6. The first-order valence-electron chi connectivity index (χ1n) is 7.05. The fourth-order valence-corrected chi connectivity index (χ4v) is 2.49. The fraction of sp³-hybridized carbons (Fsp3) is 0.562. The average molecular weight is 314 g/mol. The molecular formula is C16H24ClNO3. The number of phenolic OH excluding ortho intramolecular Hbond substituents is 1. The Morgan fingerprint density at radius 2 is 2.00 bits per heavy atom. The highest BCUT2D eigenvalue weighted by atomic mass is 35.5. The molecule has 0 spiro atoms. The highest BCUT2D eigenvalue weighted by molar-refractivity contribution is 6.31. The van der Waals surface area contributed by atoms with E-state index in [1.54, 1.807) is 6.07 Å². The number of amides is 1. The molecule has 0 heterocycles. The third kappa shape index (κ3) is 5.21. The molecule has 3 N–H and O–H groups in total. The normalized spacial score (nSPS) is 13.3. The molecule has 0 fully saturated rings. The van der Waals surface area contributed by atoms with E-state index >= 15 is 0 Å². The Balaban J connectivity index is 2.58. The zero-order valence-electron chi connectivity index (χ0n) is 13.0. The van der Waals surface area contributed by atoms with Crippen molar-refractivity contribution in [2.24, 2.45) is 11.3 Å². The number of nitrogens with one attached hydrogen (secondary N) is 1. The van der Waals surface area contributed by atoms with Crippen LogP contribution in [0.15, 0.2) is 18.2 Å². The minimum atomic E-state index is -0.491. The maximum absolute atomic E-state index is 12.0. The number of aromatic hydroxyl groups is 1. The number of phenols is 1. The molecule has 4 nitrogen and oxygen atoms in total. The lowest BCUT2D eigenvalue weighted by molar-refractivity contribution is -0.121. The van der Waals surface area contributed by atoms with E-state index in [4.69, 9.17) is 11.6 Å². The summed E-state index contributed by atoms with van der Waals surface area (Å²) in [6, 6.07) is 4.54. The first-order chi connectivity index (χ1) is 9.63. The molecule has 5 heteroatoms. The molecule has 0 aliphatic heterocycles. The zero-order valence-corrected chi connectivity index (χ0v) is 13.7. The van der Waals surface area contributed by atoms with Gasteiger partial charge in [-0.2, -0.15) is 0 Å². The molecule has 0 aliphatic rings. The number of aliphatic hydroxyl groups is 1. The van der Waals surface area contributed by atoms with Crippen molar-refractivity contribution >= 4 is 17.5 Å². The van der Waals surface area contributed by atoms with Crippen LogP contribution in [0, 0.1) is 11.3 Å². The molecule has 0 aliphatic carbocycles. The lowest BCUT2D eigenvalue weighted by atomic mass is 9.80. The van der Waals surface area contributed by atoms with Crippen molar-refractivity contribution in [1.82, 2.24) is 5.32 Å².